The van der Waals surface area contributed by atoms with Crippen molar-refractivity contribution in [2.24, 2.45) is 5.92 Å². The maximum absolute atomic E-state index is 13.7. The van der Waals surface area contributed by atoms with Crippen molar-refractivity contribution in [3.8, 4) is 23.6 Å². The van der Waals surface area contributed by atoms with Crippen LogP contribution in [0.3, 0.4) is 0 Å². The van der Waals surface area contributed by atoms with Gasteiger partial charge in [-0.3, -0.25) is 0 Å². The third-order valence-corrected chi connectivity index (χ3v) is 7.57. The number of ether oxygens (including phenoxy) is 2. The van der Waals surface area contributed by atoms with Gasteiger partial charge in [-0.2, -0.15) is 36.9 Å². The molecule has 0 heterocycles. The number of halogens is 6. The minimum atomic E-state index is -4.77. The molecule has 4 nitrogen and oxygen atoms in total. The zero-order valence-electron chi connectivity index (χ0n) is 22.5. The third kappa shape index (κ3) is 7.21. The summed E-state index contributed by atoms with van der Waals surface area (Å²) in [4.78, 5) is 0. The largest absolute Gasteiger partial charge is 0.486 e. The van der Waals surface area contributed by atoms with Gasteiger partial charge in [0.1, 0.15) is 23.2 Å². The summed E-state index contributed by atoms with van der Waals surface area (Å²) >= 11 is 0. The standard InChI is InChI=1S/C30H32F6N2O2/c1-3-4-5-6-7-10-27(39-23-13-11-21(18-37)25(16-23)29(31,32)33)28(15-8-9-20(28)2)40-24-14-12-22(19-38)26(17-24)30(34,35)36/h11-14,16-17,20,27H,3-10,15H2,1-2H3. The van der Waals surface area contributed by atoms with Gasteiger partial charge < -0.3 is 9.47 Å². The Balaban J connectivity index is 2.03. The fraction of sp³-hybridized carbons (Fsp3) is 0.533. The van der Waals surface area contributed by atoms with Crippen molar-refractivity contribution in [2.45, 2.75) is 95.7 Å². The Bertz CT molecular complexity index is 1240. The van der Waals surface area contributed by atoms with Crippen molar-refractivity contribution < 1.29 is 35.8 Å². The van der Waals surface area contributed by atoms with E-state index < -0.39 is 46.3 Å². The van der Waals surface area contributed by atoms with Gasteiger partial charge in [-0.25, -0.2) is 0 Å². The molecule has 0 amide bonds. The van der Waals surface area contributed by atoms with Crippen LogP contribution >= 0.6 is 0 Å². The zero-order chi connectivity index (χ0) is 29.6. The predicted octanol–water partition coefficient (Wildman–Crippen LogP) is 9.21. The number of benzene rings is 2. The fourth-order valence-electron chi connectivity index (χ4n) is 5.44. The zero-order valence-corrected chi connectivity index (χ0v) is 22.5. The van der Waals surface area contributed by atoms with Crippen LogP contribution in [0.4, 0.5) is 26.3 Å². The summed E-state index contributed by atoms with van der Waals surface area (Å²) in [5, 5.41) is 18.3. The van der Waals surface area contributed by atoms with E-state index in [9.17, 15) is 26.3 Å². The first-order valence-corrected chi connectivity index (χ1v) is 13.4. The Morgan fingerprint density at radius 3 is 1.93 bits per heavy atom. The highest BCUT2D eigenvalue weighted by Gasteiger charge is 2.50. The molecule has 1 fully saturated rings. The molecule has 3 rings (SSSR count). The molecule has 2 aromatic rings. The molecule has 2 aromatic carbocycles. The average molecular weight is 567 g/mol. The molecule has 0 bridgehead atoms. The highest BCUT2D eigenvalue weighted by Crippen LogP contribution is 2.46. The first-order valence-electron chi connectivity index (χ1n) is 13.4. The van der Waals surface area contributed by atoms with Crippen LogP contribution in [0.15, 0.2) is 36.4 Å². The molecular weight excluding hydrogens is 534 g/mol. The Labute approximate surface area is 230 Å². The summed E-state index contributed by atoms with van der Waals surface area (Å²) in [6.07, 6.45) is -3.53. The molecule has 0 aliphatic heterocycles. The summed E-state index contributed by atoms with van der Waals surface area (Å²) in [6.45, 7) is 3.97. The van der Waals surface area contributed by atoms with E-state index in [1.807, 2.05) is 6.92 Å². The monoisotopic (exact) mass is 566 g/mol. The fourth-order valence-corrected chi connectivity index (χ4v) is 5.44. The molecule has 40 heavy (non-hydrogen) atoms. The lowest BCUT2D eigenvalue weighted by atomic mass is 9.83. The summed E-state index contributed by atoms with van der Waals surface area (Å²) in [5.41, 5.74) is -4.42. The van der Waals surface area contributed by atoms with Crippen LogP contribution in [0, 0.1) is 28.6 Å². The maximum Gasteiger partial charge on any atom is 0.417 e. The number of hydrogen-bond donors (Lipinski definition) is 0. The summed E-state index contributed by atoms with van der Waals surface area (Å²) in [7, 11) is 0. The molecule has 0 N–H and O–H groups in total. The molecule has 1 saturated carbocycles. The van der Waals surface area contributed by atoms with E-state index in [1.54, 1.807) is 12.1 Å². The highest BCUT2D eigenvalue weighted by atomic mass is 19.4. The second-order valence-corrected chi connectivity index (χ2v) is 10.3. The van der Waals surface area contributed by atoms with Crippen molar-refractivity contribution in [1.29, 1.82) is 10.5 Å². The second kappa shape index (κ2) is 12.8. The van der Waals surface area contributed by atoms with Gasteiger partial charge in [0, 0.05) is 0 Å². The topological polar surface area (TPSA) is 66.0 Å². The minimum absolute atomic E-state index is 0.0875. The molecule has 0 saturated heterocycles. The highest BCUT2D eigenvalue weighted by molar-refractivity contribution is 5.45. The SMILES string of the molecule is CCCCCCCC(Oc1ccc(C#N)c(C(F)(F)F)c1)C1(Oc2ccc(C#N)c(C(F)(F)F)c2)CCCC1C. The molecule has 0 aromatic heterocycles. The molecule has 10 heteroatoms. The van der Waals surface area contributed by atoms with Crippen molar-refractivity contribution in [1.82, 2.24) is 0 Å². The van der Waals surface area contributed by atoms with Gasteiger partial charge in [0.05, 0.1) is 34.4 Å². The number of alkyl halides is 6. The first kappa shape index (κ1) is 31.1. The van der Waals surface area contributed by atoms with Gasteiger partial charge in [-0.15, -0.1) is 0 Å². The second-order valence-electron chi connectivity index (χ2n) is 10.3. The quantitative estimate of drug-likeness (QED) is 0.201. The number of hydrogen-bond acceptors (Lipinski definition) is 4. The lowest BCUT2D eigenvalue weighted by molar-refractivity contribution is -0.139. The minimum Gasteiger partial charge on any atom is -0.486 e. The van der Waals surface area contributed by atoms with E-state index in [-0.39, 0.29) is 17.4 Å². The Morgan fingerprint density at radius 1 is 0.875 bits per heavy atom. The van der Waals surface area contributed by atoms with Gasteiger partial charge in [0.25, 0.3) is 0 Å². The van der Waals surface area contributed by atoms with Crippen LogP contribution in [0.1, 0.15) is 93.9 Å². The van der Waals surface area contributed by atoms with Crippen LogP contribution in [0.25, 0.3) is 0 Å². The van der Waals surface area contributed by atoms with Crippen molar-refractivity contribution >= 4 is 0 Å². The van der Waals surface area contributed by atoms with Crippen LogP contribution in [-0.2, 0) is 12.4 Å². The molecule has 1 aliphatic rings. The Hall–Kier alpha value is -3.40. The number of unbranched alkanes of at least 4 members (excludes halogenated alkanes) is 4. The third-order valence-electron chi connectivity index (χ3n) is 7.57. The molecule has 1 aliphatic carbocycles. The smallest absolute Gasteiger partial charge is 0.417 e. The number of nitriles is 2. The molecule has 3 unspecified atom stereocenters. The van der Waals surface area contributed by atoms with Gasteiger partial charge in [-0.05, 0) is 74.4 Å². The van der Waals surface area contributed by atoms with E-state index in [1.165, 1.54) is 12.1 Å². The van der Waals surface area contributed by atoms with Gasteiger partial charge >= 0.3 is 12.4 Å². The van der Waals surface area contributed by atoms with Crippen LogP contribution in [0.5, 0.6) is 11.5 Å². The van der Waals surface area contributed by atoms with Gasteiger partial charge in [-0.1, -0.05) is 39.5 Å². The molecule has 3 atom stereocenters. The lowest BCUT2D eigenvalue weighted by Gasteiger charge is -2.41. The molecule has 0 radical (unpaired) electrons. The van der Waals surface area contributed by atoms with Crippen molar-refractivity contribution in [3.63, 3.8) is 0 Å². The van der Waals surface area contributed by atoms with Crippen molar-refractivity contribution in [3.05, 3.63) is 58.7 Å². The van der Waals surface area contributed by atoms with Crippen molar-refractivity contribution in [2.75, 3.05) is 0 Å². The van der Waals surface area contributed by atoms with E-state index in [0.717, 1.165) is 49.9 Å². The summed E-state index contributed by atoms with van der Waals surface area (Å²) in [6, 6.07) is 9.41. The normalized spacial score (nSPS) is 20.0. The molecule has 0 spiro atoms. The molecule has 216 valence electrons. The van der Waals surface area contributed by atoms with E-state index in [0.29, 0.717) is 32.1 Å². The molecular formula is C30H32F6N2O2. The Kier molecular flexibility index (Phi) is 10.00. The van der Waals surface area contributed by atoms with Crippen LogP contribution < -0.4 is 9.47 Å². The van der Waals surface area contributed by atoms with E-state index in [2.05, 4.69) is 6.92 Å². The Morgan fingerprint density at radius 2 is 1.43 bits per heavy atom. The van der Waals surface area contributed by atoms with E-state index >= 15 is 0 Å². The number of rotatable bonds is 11. The lowest BCUT2D eigenvalue weighted by Crippen LogP contribution is -2.52. The van der Waals surface area contributed by atoms with Crippen LogP contribution in [0.2, 0.25) is 0 Å². The maximum atomic E-state index is 13.7. The first-order chi connectivity index (χ1) is 18.9. The van der Waals surface area contributed by atoms with Gasteiger partial charge in [0.15, 0.2) is 0 Å². The number of nitrogens with zero attached hydrogens (tertiary/aromatic N) is 2. The van der Waals surface area contributed by atoms with Crippen LogP contribution in [-0.4, -0.2) is 11.7 Å². The summed E-state index contributed by atoms with van der Waals surface area (Å²) in [5.74, 6) is -0.364. The summed E-state index contributed by atoms with van der Waals surface area (Å²) < 4.78 is 94.5. The van der Waals surface area contributed by atoms with Gasteiger partial charge in [0.2, 0.25) is 0 Å². The van der Waals surface area contributed by atoms with E-state index in [4.69, 9.17) is 20.0 Å². The predicted molar refractivity (Wildman–Crippen MR) is 136 cm³/mol. The average Bonchev–Trinajstić information content (AvgIpc) is 3.27.